The summed E-state index contributed by atoms with van der Waals surface area (Å²) in [5, 5.41) is 13.4. The molecule has 0 bridgehead atoms. The summed E-state index contributed by atoms with van der Waals surface area (Å²) < 4.78 is 3.99. The highest BCUT2D eigenvalue weighted by Crippen LogP contribution is 2.21. The van der Waals surface area contributed by atoms with E-state index in [2.05, 4.69) is 20.7 Å². The Labute approximate surface area is 127 Å². The second-order valence-electron chi connectivity index (χ2n) is 4.72. The van der Waals surface area contributed by atoms with Crippen molar-refractivity contribution in [1.29, 1.82) is 5.26 Å². The molecule has 1 aromatic carbocycles. The highest BCUT2D eigenvalue weighted by atomic mass is 35.5. The van der Waals surface area contributed by atoms with Crippen LogP contribution >= 0.6 is 11.6 Å². The molecule has 0 fully saturated rings. The van der Waals surface area contributed by atoms with Gasteiger partial charge in [0.25, 0.3) is 0 Å². The van der Waals surface area contributed by atoms with Gasteiger partial charge in [-0.15, -0.1) is 11.6 Å². The van der Waals surface area contributed by atoms with Gasteiger partial charge in [-0.3, -0.25) is 4.68 Å². The fourth-order valence-corrected chi connectivity index (χ4v) is 2.66. The van der Waals surface area contributed by atoms with Crippen molar-refractivity contribution in [3.63, 3.8) is 0 Å². The van der Waals surface area contributed by atoms with Gasteiger partial charge in [0.1, 0.15) is 17.4 Å². The molecule has 106 valence electrons. The minimum Gasteiger partial charge on any atom is -0.327 e. The summed E-state index contributed by atoms with van der Waals surface area (Å²) in [5.41, 5.74) is 2.28. The Morgan fingerprint density at radius 2 is 2.14 bits per heavy atom. The first-order valence-electron chi connectivity index (χ1n) is 6.75. The topological polar surface area (TPSA) is 59.4 Å². The summed E-state index contributed by atoms with van der Waals surface area (Å²) in [6, 6.07) is 9.73. The maximum absolute atomic E-state index is 9.17. The molecule has 0 spiro atoms. The number of fused-ring (bicyclic) bond motifs is 1. The van der Waals surface area contributed by atoms with Crippen molar-refractivity contribution >= 4 is 22.6 Å². The van der Waals surface area contributed by atoms with Gasteiger partial charge < -0.3 is 4.57 Å². The molecule has 0 amide bonds. The van der Waals surface area contributed by atoms with Crippen molar-refractivity contribution in [3.8, 4) is 6.07 Å². The van der Waals surface area contributed by atoms with Crippen LogP contribution in [-0.4, -0.2) is 19.3 Å². The van der Waals surface area contributed by atoms with Gasteiger partial charge in [0.2, 0.25) is 0 Å². The second kappa shape index (κ2) is 5.98. The Kier molecular flexibility index (Phi) is 3.89. The van der Waals surface area contributed by atoms with Gasteiger partial charge in [-0.2, -0.15) is 10.4 Å². The van der Waals surface area contributed by atoms with Gasteiger partial charge in [-0.25, -0.2) is 4.98 Å². The Bertz CT molecular complexity index is 782. The van der Waals surface area contributed by atoms with Gasteiger partial charge in [0, 0.05) is 25.5 Å². The van der Waals surface area contributed by atoms with Gasteiger partial charge in [0.15, 0.2) is 0 Å². The van der Waals surface area contributed by atoms with E-state index >= 15 is 0 Å². The number of benzene rings is 1. The third kappa shape index (κ3) is 2.63. The second-order valence-corrected chi connectivity index (χ2v) is 4.99. The van der Waals surface area contributed by atoms with E-state index in [0.29, 0.717) is 11.4 Å². The van der Waals surface area contributed by atoms with Crippen LogP contribution < -0.4 is 0 Å². The van der Waals surface area contributed by atoms with Crippen LogP contribution in [0.15, 0.2) is 36.7 Å². The van der Waals surface area contributed by atoms with E-state index in [9.17, 15) is 0 Å². The SMILES string of the molecule is N#Cc1cccc2c1nc(CCl)n2CCCn1cccn1. The molecule has 0 radical (unpaired) electrons. The highest BCUT2D eigenvalue weighted by molar-refractivity contribution is 6.16. The van der Waals surface area contributed by atoms with Gasteiger partial charge >= 0.3 is 0 Å². The lowest BCUT2D eigenvalue weighted by Crippen LogP contribution is -2.06. The van der Waals surface area contributed by atoms with Crippen molar-refractivity contribution in [2.45, 2.75) is 25.4 Å². The van der Waals surface area contributed by atoms with Crippen molar-refractivity contribution in [2.24, 2.45) is 0 Å². The maximum atomic E-state index is 9.17. The van der Waals surface area contributed by atoms with E-state index < -0.39 is 0 Å². The number of hydrogen-bond acceptors (Lipinski definition) is 3. The summed E-state index contributed by atoms with van der Waals surface area (Å²) in [7, 11) is 0. The smallest absolute Gasteiger partial charge is 0.124 e. The largest absolute Gasteiger partial charge is 0.327 e. The number of imidazole rings is 1. The van der Waals surface area contributed by atoms with E-state index in [1.165, 1.54) is 0 Å². The number of nitrogens with zero attached hydrogens (tertiary/aromatic N) is 5. The number of aromatic nitrogens is 4. The monoisotopic (exact) mass is 299 g/mol. The number of rotatable bonds is 5. The summed E-state index contributed by atoms with van der Waals surface area (Å²) >= 11 is 5.99. The first-order chi connectivity index (χ1) is 10.3. The van der Waals surface area contributed by atoms with Gasteiger partial charge in [-0.05, 0) is 24.6 Å². The van der Waals surface area contributed by atoms with Crippen molar-refractivity contribution in [3.05, 3.63) is 48.0 Å². The molecule has 0 aliphatic rings. The fraction of sp³-hybridized carbons (Fsp3) is 0.267. The molecule has 2 aromatic heterocycles. The molecule has 3 rings (SSSR count). The summed E-state index contributed by atoms with van der Waals surface area (Å²) in [5.74, 6) is 1.14. The normalized spacial score (nSPS) is 10.9. The molecular formula is C15H14ClN5. The minimum absolute atomic E-state index is 0.335. The molecule has 0 aliphatic carbocycles. The van der Waals surface area contributed by atoms with Crippen LogP contribution in [0.1, 0.15) is 17.8 Å². The highest BCUT2D eigenvalue weighted by Gasteiger charge is 2.12. The molecule has 3 aromatic rings. The quantitative estimate of drug-likeness (QED) is 0.681. The number of hydrogen-bond donors (Lipinski definition) is 0. The van der Waals surface area contributed by atoms with Crippen molar-refractivity contribution < 1.29 is 0 Å². The zero-order valence-electron chi connectivity index (χ0n) is 11.4. The molecule has 0 saturated heterocycles. The standard InChI is InChI=1S/C15H14ClN5/c16-10-14-19-15-12(11-17)4-1-5-13(15)21(14)9-3-8-20-7-2-6-18-20/h1-2,4-7H,3,8-10H2. The van der Waals surface area contributed by atoms with E-state index in [0.717, 1.165) is 36.4 Å². The molecule has 0 unspecified atom stereocenters. The third-order valence-electron chi connectivity index (χ3n) is 3.43. The van der Waals surface area contributed by atoms with Crippen LogP contribution in [0.3, 0.4) is 0 Å². The molecule has 0 saturated carbocycles. The third-order valence-corrected chi connectivity index (χ3v) is 3.67. The minimum atomic E-state index is 0.335. The summed E-state index contributed by atoms with van der Waals surface area (Å²) in [6.07, 6.45) is 4.64. The number of aryl methyl sites for hydroxylation is 2. The summed E-state index contributed by atoms with van der Waals surface area (Å²) in [6.45, 7) is 1.64. The molecule has 2 heterocycles. The molecule has 21 heavy (non-hydrogen) atoms. The predicted molar refractivity (Wildman–Crippen MR) is 80.8 cm³/mol. The lowest BCUT2D eigenvalue weighted by Gasteiger charge is -2.08. The molecular weight excluding hydrogens is 286 g/mol. The van der Waals surface area contributed by atoms with E-state index in [1.807, 2.05) is 29.1 Å². The first kappa shape index (κ1) is 13.7. The van der Waals surface area contributed by atoms with Crippen LogP contribution in [0.25, 0.3) is 11.0 Å². The zero-order chi connectivity index (χ0) is 14.7. The van der Waals surface area contributed by atoms with Gasteiger partial charge in [-0.1, -0.05) is 6.07 Å². The van der Waals surface area contributed by atoms with Gasteiger partial charge in [0.05, 0.1) is 17.0 Å². The van der Waals surface area contributed by atoms with Crippen LogP contribution in [-0.2, 0) is 19.0 Å². The predicted octanol–water partition coefficient (Wildman–Crippen LogP) is 2.93. The number of alkyl halides is 1. The molecule has 6 heteroatoms. The lowest BCUT2D eigenvalue weighted by atomic mass is 10.2. The molecule has 0 N–H and O–H groups in total. The first-order valence-corrected chi connectivity index (χ1v) is 7.28. The number of halogens is 1. The fourth-order valence-electron chi connectivity index (χ4n) is 2.46. The zero-order valence-corrected chi connectivity index (χ0v) is 12.2. The average molecular weight is 300 g/mol. The Morgan fingerprint density at radius 1 is 1.24 bits per heavy atom. The lowest BCUT2D eigenvalue weighted by molar-refractivity contribution is 0.526. The molecule has 5 nitrogen and oxygen atoms in total. The van der Waals surface area contributed by atoms with Crippen LogP contribution in [0.5, 0.6) is 0 Å². The Balaban J connectivity index is 1.88. The van der Waals surface area contributed by atoms with Crippen molar-refractivity contribution in [1.82, 2.24) is 19.3 Å². The van der Waals surface area contributed by atoms with E-state index in [1.54, 1.807) is 12.3 Å². The number of para-hydroxylation sites is 1. The van der Waals surface area contributed by atoms with E-state index in [4.69, 9.17) is 16.9 Å². The van der Waals surface area contributed by atoms with E-state index in [-0.39, 0.29) is 0 Å². The van der Waals surface area contributed by atoms with Crippen molar-refractivity contribution in [2.75, 3.05) is 0 Å². The molecule has 0 atom stereocenters. The van der Waals surface area contributed by atoms with Crippen LogP contribution in [0.4, 0.5) is 0 Å². The van der Waals surface area contributed by atoms with Crippen LogP contribution in [0.2, 0.25) is 0 Å². The number of nitriles is 1. The summed E-state index contributed by atoms with van der Waals surface area (Å²) in [4.78, 5) is 4.50. The Hall–Kier alpha value is -2.32. The molecule has 0 aliphatic heterocycles. The van der Waals surface area contributed by atoms with Crippen LogP contribution in [0, 0.1) is 11.3 Å². The maximum Gasteiger partial charge on any atom is 0.124 e. The Morgan fingerprint density at radius 3 is 2.86 bits per heavy atom. The average Bonchev–Trinajstić information content (AvgIpc) is 3.14.